The lowest BCUT2D eigenvalue weighted by molar-refractivity contribution is 0.0943. The van der Waals surface area contributed by atoms with Crippen molar-refractivity contribution in [2.75, 3.05) is 24.5 Å². The number of hydrogen-bond donors (Lipinski definition) is 1. The normalized spacial score (nSPS) is 17.3. The van der Waals surface area contributed by atoms with Crippen molar-refractivity contribution in [2.24, 2.45) is 5.92 Å². The first-order valence-electron chi connectivity index (χ1n) is 7.69. The van der Waals surface area contributed by atoms with E-state index in [1.807, 2.05) is 31.2 Å². The van der Waals surface area contributed by atoms with Crippen LogP contribution in [0.15, 0.2) is 36.7 Å². The van der Waals surface area contributed by atoms with E-state index in [-0.39, 0.29) is 5.91 Å². The first-order chi connectivity index (χ1) is 11.1. The Morgan fingerprint density at radius 2 is 2.09 bits per heavy atom. The minimum absolute atomic E-state index is 0.164. The number of benzene rings is 1. The van der Waals surface area contributed by atoms with Gasteiger partial charge >= 0.3 is 0 Å². The Balaban J connectivity index is 1.51. The SMILES string of the molecule is Cc1cnc(C(=O)NCC2CCN(c3ccc(Cl)cc3)C2)cn1. The van der Waals surface area contributed by atoms with Crippen LogP contribution in [0.2, 0.25) is 5.02 Å². The molecule has 3 rings (SSSR count). The fourth-order valence-electron chi connectivity index (χ4n) is 2.72. The van der Waals surface area contributed by atoms with Crippen LogP contribution >= 0.6 is 11.6 Å². The lowest BCUT2D eigenvalue weighted by Crippen LogP contribution is -2.31. The molecule has 23 heavy (non-hydrogen) atoms. The summed E-state index contributed by atoms with van der Waals surface area (Å²) in [5, 5.41) is 3.70. The number of nitrogens with one attached hydrogen (secondary N) is 1. The molecule has 1 atom stereocenters. The van der Waals surface area contributed by atoms with Crippen LogP contribution < -0.4 is 10.2 Å². The zero-order valence-electron chi connectivity index (χ0n) is 13.0. The van der Waals surface area contributed by atoms with Gasteiger partial charge in [0.1, 0.15) is 5.69 Å². The lowest BCUT2D eigenvalue weighted by atomic mass is 10.1. The van der Waals surface area contributed by atoms with Gasteiger partial charge in [0.2, 0.25) is 0 Å². The van der Waals surface area contributed by atoms with E-state index in [4.69, 9.17) is 11.6 Å². The molecule has 120 valence electrons. The Morgan fingerprint density at radius 3 is 2.78 bits per heavy atom. The summed E-state index contributed by atoms with van der Waals surface area (Å²) in [6.45, 7) is 4.42. The Labute approximate surface area is 140 Å². The molecule has 0 bridgehead atoms. The molecule has 1 aromatic carbocycles. The second kappa shape index (κ2) is 6.96. The highest BCUT2D eigenvalue weighted by molar-refractivity contribution is 6.30. The molecule has 2 aromatic rings. The lowest BCUT2D eigenvalue weighted by Gasteiger charge is -2.19. The summed E-state index contributed by atoms with van der Waals surface area (Å²) in [5.41, 5.74) is 2.34. The highest BCUT2D eigenvalue weighted by Gasteiger charge is 2.23. The number of hydrogen-bond acceptors (Lipinski definition) is 4. The van der Waals surface area contributed by atoms with Gasteiger partial charge in [0, 0.05) is 36.5 Å². The summed E-state index contributed by atoms with van der Waals surface area (Å²) in [4.78, 5) is 22.6. The molecule has 0 radical (unpaired) electrons. The number of aromatic nitrogens is 2. The Kier molecular flexibility index (Phi) is 4.76. The van der Waals surface area contributed by atoms with E-state index in [2.05, 4.69) is 20.2 Å². The maximum atomic E-state index is 12.1. The average Bonchev–Trinajstić information content (AvgIpc) is 3.03. The van der Waals surface area contributed by atoms with Crippen LogP contribution in [0.4, 0.5) is 5.69 Å². The highest BCUT2D eigenvalue weighted by atomic mass is 35.5. The monoisotopic (exact) mass is 330 g/mol. The fourth-order valence-corrected chi connectivity index (χ4v) is 2.85. The van der Waals surface area contributed by atoms with Gasteiger partial charge in [-0.1, -0.05) is 11.6 Å². The number of carbonyl (C=O) groups excluding carboxylic acids is 1. The molecule has 5 nitrogen and oxygen atoms in total. The van der Waals surface area contributed by atoms with Crippen molar-refractivity contribution in [3.8, 4) is 0 Å². The molecule has 1 N–H and O–H groups in total. The van der Waals surface area contributed by atoms with Crippen LogP contribution in [0.3, 0.4) is 0 Å². The van der Waals surface area contributed by atoms with E-state index in [0.29, 0.717) is 18.2 Å². The van der Waals surface area contributed by atoms with Crippen molar-refractivity contribution in [3.63, 3.8) is 0 Å². The smallest absolute Gasteiger partial charge is 0.271 e. The van der Waals surface area contributed by atoms with Crippen LogP contribution in [0.25, 0.3) is 0 Å². The third-order valence-electron chi connectivity index (χ3n) is 4.04. The zero-order valence-corrected chi connectivity index (χ0v) is 13.8. The molecule has 0 aliphatic carbocycles. The van der Waals surface area contributed by atoms with Gasteiger partial charge in [-0.15, -0.1) is 0 Å². The van der Waals surface area contributed by atoms with Crippen LogP contribution in [0.1, 0.15) is 22.6 Å². The number of nitrogens with zero attached hydrogens (tertiary/aromatic N) is 3. The minimum Gasteiger partial charge on any atom is -0.371 e. The molecule has 1 amide bonds. The van der Waals surface area contributed by atoms with E-state index < -0.39 is 0 Å². The fraction of sp³-hybridized carbons (Fsp3) is 0.353. The van der Waals surface area contributed by atoms with E-state index >= 15 is 0 Å². The zero-order chi connectivity index (χ0) is 16.2. The van der Waals surface area contributed by atoms with Crippen molar-refractivity contribution < 1.29 is 4.79 Å². The van der Waals surface area contributed by atoms with Crippen LogP contribution in [-0.2, 0) is 0 Å². The van der Waals surface area contributed by atoms with Crippen LogP contribution in [-0.4, -0.2) is 35.5 Å². The molecule has 1 fully saturated rings. The summed E-state index contributed by atoms with van der Waals surface area (Å²) in [6, 6.07) is 7.88. The van der Waals surface area contributed by atoms with Gasteiger partial charge in [0.05, 0.1) is 11.9 Å². The summed E-state index contributed by atoms with van der Waals surface area (Å²) < 4.78 is 0. The summed E-state index contributed by atoms with van der Waals surface area (Å²) in [6.07, 6.45) is 4.18. The molecule has 1 unspecified atom stereocenters. The van der Waals surface area contributed by atoms with Crippen molar-refractivity contribution in [3.05, 3.63) is 53.1 Å². The largest absolute Gasteiger partial charge is 0.371 e. The average molecular weight is 331 g/mol. The second-order valence-corrected chi connectivity index (χ2v) is 6.27. The van der Waals surface area contributed by atoms with Gasteiger partial charge in [0.15, 0.2) is 0 Å². The van der Waals surface area contributed by atoms with E-state index in [1.54, 1.807) is 6.20 Å². The van der Waals surface area contributed by atoms with Crippen molar-refractivity contribution in [1.29, 1.82) is 0 Å². The van der Waals surface area contributed by atoms with Crippen LogP contribution in [0, 0.1) is 12.8 Å². The highest BCUT2D eigenvalue weighted by Crippen LogP contribution is 2.24. The van der Waals surface area contributed by atoms with Crippen LogP contribution in [0.5, 0.6) is 0 Å². The van der Waals surface area contributed by atoms with Gasteiger partial charge in [-0.05, 0) is 43.5 Å². The Morgan fingerprint density at radius 1 is 1.30 bits per heavy atom. The second-order valence-electron chi connectivity index (χ2n) is 5.83. The number of rotatable bonds is 4. The van der Waals surface area contributed by atoms with Crippen molar-refractivity contribution in [2.45, 2.75) is 13.3 Å². The van der Waals surface area contributed by atoms with Crippen molar-refractivity contribution in [1.82, 2.24) is 15.3 Å². The van der Waals surface area contributed by atoms with Crippen molar-refractivity contribution >= 4 is 23.2 Å². The maximum Gasteiger partial charge on any atom is 0.271 e. The molecule has 1 aliphatic heterocycles. The van der Waals surface area contributed by atoms with Gasteiger partial charge in [-0.25, -0.2) is 4.98 Å². The quantitative estimate of drug-likeness (QED) is 0.936. The Bertz CT molecular complexity index is 672. The minimum atomic E-state index is -0.164. The number of amides is 1. The van der Waals surface area contributed by atoms with Gasteiger partial charge in [-0.3, -0.25) is 9.78 Å². The molecular weight excluding hydrogens is 312 g/mol. The first-order valence-corrected chi connectivity index (χ1v) is 8.07. The molecule has 1 aliphatic rings. The molecule has 1 aromatic heterocycles. The molecule has 1 saturated heterocycles. The molecule has 2 heterocycles. The molecular formula is C17H19ClN4O. The van der Waals surface area contributed by atoms with E-state index in [0.717, 1.165) is 30.2 Å². The molecule has 0 spiro atoms. The third-order valence-corrected chi connectivity index (χ3v) is 4.29. The van der Waals surface area contributed by atoms with Gasteiger partial charge in [0.25, 0.3) is 5.91 Å². The predicted octanol–water partition coefficient (Wildman–Crippen LogP) is 2.69. The summed E-state index contributed by atoms with van der Waals surface area (Å²) >= 11 is 5.92. The predicted molar refractivity (Wildman–Crippen MR) is 90.9 cm³/mol. The Hall–Kier alpha value is -2.14. The van der Waals surface area contributed by atoms with Gasteiger partial charge < -0.3 is 10.2 Å². The third kappa shape index (κ3) is 3.99. The number of anilines is 1. The van der Waals surface area contributed by atoms with Gasteiger partial charge in [-0.2, -0.15) is 0 Å². The van der Waals surface area contributed by atoms with E-state index in [1.165, 1.54) is 11.9 Å². The number of aryl methyl sites for hydroxylation is 1. The number of carbonyl (C=O) groups is 1. The van der Waals surface area contributed by atoms with E-state index in [9.17, 15) is 4.79 Å². The standard InChI is InChI=1S/C17H19ClN4O/c1-12-8-20-16(10-19-12)17(23)21-9-13-6-7-22(11-13)15-4-2-14(18)3-5-15/h2-5,8,10,13H,6-7,9,11H2,1H3,(H,21,23). The maximum absolute atomic E-state index is 12.1. The molecule has 6 heteroatoms. The number of halogens is 1. The summed E-state index contributed by atoms with van der Waals surface area (Å²) in [7, 11) is 0. The first kappa shape index (κ1) is 15.7. The topological polar surface area (TPSA) is 58.1 Å². The molecule has 0 saturated carbocycles. The summed E-state index contributed by atoms with van der Waals surface area (Å²) in [5.74, 6) is 0.274.